The van der Waals surface area contributed by atoms with Gasteiger partial charge in [0, 0.05) is 19.1 Å². The SMILES string of the molecule is CC(C)[C@H](N)C(=O)NCC(CO)Cc1ccc(OC(F)(F)F)cc1.Cl. The summed E-state index contributed by atoms with van der Waals surface area (Å²) in [6.07, 6.45) is -4.32. The Bertz CT molecular complexity index is 524. The number of ether oxygens (including phenoxy) is 1. The van der Waals surface area contributed by atoms with Crippen LogP contribution >= 0.6 is 12.4 Å². The van der Waals surface area contributed by atoms with Gasteiger partial charge in [-0.05, 0) is 30.0 Å². The van der Waals surface area contributed by atoms with Crippen molar-refractivity contribution < 1.29 is 27.8 Å². The van der Waals surface area contributed by atoms with E-state index < -0.39 is 12.4 Å². The second-order valence-electron chi connectivity index (χ2n) is 5.96. The number of hydrogen-bond acceptors (Lipinski definition) is 4. The number of alkyl halides is 3. The number of rotatable bonds is 8. The Morgan fingerprint density at radius 2 is 1.84 bits per heavy atom. The molecular weight excluding hydrogens is 361 g/mol. The van der Waals surface area contributed by atoms with E-state index in [1.807, 2.05) is 13.8 Å². The Balaban J connectivity index is 0.00000576. The Morgan fingerprint density at radius 3 is 2.28 bits per heavy atom. The van der Waals surface area contributed by atoms with E-state index in [4.69, 9.17) is 5.73 Å². The number of benzene rings is 1. The lowest BCUT2D eigenvalue weighted by Crippen LogP contribution is -2.45. The second kappa shape index (κ2) is 10.5. The van der Waals surface area contributed by atoms with Crippen molar-refractivity contribution in [2.75, 3.05) is 13.2 Å². The zero-order valence-corrected chi connectivity index (χ0v) is 14.9. The van der Waals surface area contributed by atoms with Gasteiger partial charge in [0.1, 0.15) is 5.75 Å². The third-order valence-corrected chi connectivity index (χ3v) is 3.53. The first-order valence-corrected chi connectivity index (χ1v) is 7.61. The van der Waals surface area contributed by atoms with Crippen LogP contribution in [0.15, 0.2) is 24.3 Å². The first-order chi connectivity index (χ1) is 11.1. The molecule has 9 heteroatoms. The molecule has 0 radical (unpaired) electrons. The van der Waals surface area contributed by atoms with Gasteiger partial charge < -0.3 is 20.9 Å². The van der Waals surface area contributed by atoms with Crippen LogP contribution < -0.4 is 15.8 Å². The minimum absolute atomic E-state index is 0. The molecule has 144 valence electrons. The van der Waals surface area contributed by atoms with Gasteiger partial charge in [0.05, 0.1) is 6.04 Å². The number of amides is 1. The number of aliphatic hydroxyl groups excluding tert-OH is 1. The second-order valence-corrected chi connectivity index (χ2v) is 5.96. The zero-order chi connectivity index (χ0) is 18.3. The van der Waals surface area contributed by atoms with Crippen molar-refractivity contribution in [1.82, 2.24) is 5.32 Å². The molecule has 1 aromatic carbocycles. The van der Waals surface area contributed by atoms with Crippen molar-refractivity contribution >= 4 is 18.3 Å². The van der Waals surface area contributed by atoms with Crippen molar-refractivity contribution in [3.8, 4) is 5.75 Å². The first-order valence-electron chi connectivity index (χ1n) is 7.61. The van der Waals surface area contributed by atoms with Gasteiger partial charge in [-0.1, -0.05) is 26.0 Å². The van der Waals surface area contributed by atoms with Crippen LogP contribution in [0.5, 0.6) is 5.75 Å². The fraction of sp³-hybridized carbons (Fsp3) is 0.562. The summed E-state index contributed by atoms with van der Waals surface area (Å²) in [7, 11) is 0. The molecule has 0 fully saturated rings. The van der Waals surface area contributed by atoms with Crippen LogP contribution in [0, 0.1) is 11.8 Å². The van der Waals surface area contributed by atoms with Crippen molar-refractivity contribution in [3.05, 3.63) is 29.8 Å². The summed E-state index contributed by atoms with van der Waals surface area (Å²) >= 11 is 0. The normalized spacial score (nSPS) is 13.8. The summed E-state index contributed by atoms with van der Waals surface area (Å²) in [6, 6.07) is 4.79. The number of nitrogens with two attached hydrogens (primary N) is 1. The molecule has 25 heavy (non-hydrogen) atoms. The molecule has 0 aliphatic heterocycles. The maximum atomic E-state index is 12.1. The molecule has 0 aliphatic carbocycles. The predicted octanol–water partition coefficient (Wildman–Crippen LogP) is 2.26. The van der Waals surface area contributed by atoms with E-state index in [0.717, 1.165) is 5.56 Å². The first kappa shape index (κ1) is 23.5. The maximum Gasteiger partial charge on any atom is 0.573 e. The molecule has 0 heterocycles. The van der Waals surface area contributed by atoms with Gasteiger partial charge in [-0.15, -0.1) is 25.6 Å². The molecule has 0 aliphatic rings. The third kappa shape index (κ3) is 8.94. The number of carbonyl (C=O) groups is 1. The highest BCUT2D eigenvalue weighted by Crippen LogP contribution is 2.23. The Kier molecular flexibility index (Phi) is 9.84. The average molecular weight is 385 g/mol. The van der Waals surface area contributed by atoms with Crippen LogP contribution in [0.2, 0.25) is 0 Å². The summed E-state index contributed by atoms with van der Waals surface area (Å²) in [4.78, 5) is 11.8. The molecule has 0 spiro atoms. The topological polar surface area (TPSA) is 84.6 Å². The van der Waals surface area contributed by atoms with Gasteiger partial charge in [-0.25, -0.2) is 0 Å². The number of hydrogen-bond donors (Lipinski definition) is 3. The van der Waals surface area contributed by atoms with Gasteiger partial charge >= 0.3 is 6.36 Å². The van der Waals surface area contributed by atoms with E-state index >= 15 is 0 Å². The van der Waals surface area contributed by atoms with Gasteiger partial charge in [0.2, 0.25) is 5.91 Å². The Morgan fingerprint density at radius 1 is 1.28 bits per heavy atom. The molecule has 2 atom stereocenters. The zero-order valence-electron chi connectivity index (χ0n) is 14.0. The lowest BCUT2D eigenvalue weighted by atomic mass is 9.99. The van der Waals surface area contributed by atoms with Crippen LogP contribution in [0.3, 0.4) is 0 Å². The van der Waals surface area contributed by atoms with Crippen molar-refractivity contribution in [1.29, 1.82) is 0 Å². The predicted molar refractivity (Wildman–Crippen MR) is 90.5 cm³/mol. The molecule has 4 N–H and O–H groups in total. The van der Waals surface area contributed by atoms with Gasteiger partial charge in [0.25, 0.3) is 0 Å². The lowest BCUT2D eigenvalue weighted by molar-refractivity contribution is -0.274. The number of halogens is 4. The van der Waals surface area contributed by atoms with Gasteiger partial charge in [-0.3, -0.25) is 4.79 Å². The van der Waals surface area contributed by atoms with E-state index in [-0.39, 0.29) is 49.1 Å². The number of carbonyl (C=O) groups excluding carboxylic acids is 1. The Labute approximate surface area is 151 Å². The summed E-state index contributed by atoms with van der Waals surface area (Å²) in [5.41, 5.74) is 6.45. The van der Waals surface area contributed by atoms with Crippen molar-refractivity contribution in [2.45, 2.75) is 32.7 Å². The minimum atomic E-state index is -4.73. The molecule has 0 bridgehead atoms. The minimum Gasteiger partial charge on any atom is -0.406 e. The van der Waals surface area contributed by atoms with Gasteiger partial charge in [0.15, 0.2) is 0 Å². The Hall–Kier alpha value is -1.51. The summed E-state index contributed by atoms with van der Waals surface area (Å²) in [5, 5.41) is 12.1. The summed E-state index contributed by atoms with van der Waals surface area (Å²) < 4.78 is 40.1. The van der Waals surface area contributed by atoms with E-state index in [0.29, 0.717) is 6.42 Å². The van der Waals surface area contributed by atoms with E-state index in [9.17, 15) is 23.1 Å². The molecule has 5 nitrogen and oxygen atoms in total. The van der Waals surface area contributed by atoms with E-state index in [1.54, 1.807) is 0 Å². The fourth-order valence-corrected chi connectivity index (χ4v) is 2.03. The van der Waals surface area contributed by atoms with E-state index in [2.05, 4.69) is 10.1 Å². The highest BCUT2D eigenvalue weighted by molar-refractivity contribution is 5.85. The molecular formula is C16H24ClF3N2O3. The van der Waals surface area contributed by atoms with Gasteiger partial charge in [-0.2, -0.15) is 0 Å². The van der Waals surface area contributed by atoms with Crippen molar-refractivity contribution in [3.63, 3.8) is 0 Å². The average Bonchev–Trinajstić information content (AvgIpc) is 2.50. The molecule has 1 amide bonds. The van der Waals surface area contributed by atoms with Crippen LogP contribution in [-0.4, -0.2) is 36.6 Å². The quantitative estimate of drug-likeness (QED) is 0.642. The molecule has 0 saturated heterocycles. The van der Waals surface area contributed by atoms with Crippen LogP contribution in [0.1, 0.15) is 19.4 Å². The highest BCUT2D eigenvalue weighted by Gasteiger charge is 2.31. The monoisotopic (exact) mass is 384 g/mol. The molecule has 1 unspecified atom stereocenters. The molecule has 0 aromatic heterocycles. The van der Waals surface area contributed by atoms with Crippen molar-refractivity contribution in [2.24, 2.45) is 17.6 Å². The lowest BCUT2D eigenvalue weighted by Gasteiger charge is -2.19. The van der Waals surface area contributed by atoms with E-state index in [1.165, 1.54) is 24.3 Å². The standard InChI is InChI=1S/C16H23F3N2O3.ClH/c1-10(2)14(20)15(23)21-8-12(9-22)7-11-3-5-13(6-4-11)24-16(17,18)19;/h3-6,10,12,14,22H,7-9,20H2,1-2H3,(H,21,23);1H/t12?,14-;/m0./s1. The summed E-state index contributed by atoms with van der Waals surface area (Å²) in [5.74, 6) is -0.859. The molecule has 0 saturated carbocycles. The number of aliphatic hydroxyl groups is 1. The van der Waals surface area contributed by atoms with Crippen LogP contribution in [-0.2, 0) is 11.2 Å². The molecule has 1 aromatic rings. The molecule has 1 rings (SSSR count). The van der Waals surface area contributed by atoms with Crippen LogP contribution in [0.4, 0.5) is 13.2 Å². The highest BCUT2D eigenvalue weighted by atomic mass is 35.5. The van der Waals surface area contributed by atoms with Crippen LogP contribution in [0.25, 0.3) is 0 Å². The number of nitrogens with one attached hydrogen (secondary N) is 1. The summed E-state index contributed by atoms with van der Waals surface area (Å²) in [6.45, 7) is 3.73. The fourth-order valence-electron chi connectivity index (χ4n) is 2.03. The largest absolute Gasteiger partial charge is 0.573 e. The smallest absolute Gasteiger partial charge is 0.406 e. The third-order valence-electron chi connectivity index (χ3n) is 3.53. The maximum absolute atomic E-state index is 12.1.